The van der Waals surface area contributed by atoms with E-state index in [9.17, 15) is 4.39 Å². The third-order valence-electron chi connectivity index (χ3n) is 1.99. The van der Waals surface area contributed by atoms with E-state index < -0.39 is 5.82 Å². The zero-order chi connectivity index (χ0) is 12.7. The van der Waals surface area contributed by atoms with Crippen molar-refractivity contribution in [2.75, 3.05) is 23.9 Å². The maximum Gasteiger partial charge on any atom is 0.170 e. The molecule has 94 valence electrons. The number of rotatable bonds is 5. The summed E-state index contributed by atoms with van der Waals surface area (Å²) in [4.78, 5) is 0. The summed E-state index contributed by atoms with van der Waals surface area (Å²) in [7, 11) is 0. The highest BCUT2D eigenvalue weighted by molar-refractivity contribution is 7.98. The van der Waals surface area contributed by atoms with Crippen LogP contribution in [0.1, 0.15) is 6.42 Å². The van der Waals surface area contributed by atoms with E-state index in [1.807, 2.05) is 0 Å². The lowest BCUT2D eigenvalue weighted by molar-refractivity contribution is 0.628. The van der Waals surface area contributed by atoms with Gasteiger partial charge in [-0.3, -0.25) is 0 Å². The van der Waals surface area contributed by atoms with Gasteiger partial charge in [0, 0.05) is 12.2 Å². The lowest BCUT2D eigenvalue weighted by Gasteiger charge is -2.10. The Morgan fingerprint density at radius 1 is 1.53 bits per heavy atom. The molecule has 17 heavy (non-hydrogen) atoms. The second-order valence-electron chi connectivity index (χ2n) is 3.36. The van der Waals surface area contributed by atoms with E-state index in [0.29, 0.717) is 10.8 Å². The number of nitrogens with one attached hydrogen (secondary N) is 2. The Morgan fingerprint density at radius 2 is 2.29 bits per heavy atom. The first-order valence-electron chi connectivity index (χ1n) is 5.12. The van der Waals surface area contributed by atoms with Crippen LogP contribution in [-0.2, 0) is 0 Å². The zero-order valence-corrected chi connectivity index (χ0v) is 11.8. The molecule has 0 saturated heterocycles. The van der Waals surface area contributed by atoms with Crippen LogP contribution in [0.3, 0.4) is 0 Å². The number of thioether (sulfide) groups is 1. The predicted molar refractivity (Wildman–Crippen MR) is 78.6 cm³/mol. The molecule has 0 saturated carbocycles. The fourth-order valence-corrected chi connectivity index (χ4v) is 2.00. The van der Waals surface area contributed by atoms with Crippen molar-refractivity contribution in [3.63, 3.8) is 0 Å². The molecular formula is C11H14ClFN2S2. The summed E-state index contributed by atoms with van der Waals surface area (Å²) in [6.07, 6.45) is 3.12. The molecule has 0 aliphatic rings. The maximum absolute atomic E-state index is 12.9. The summed E-state index contributed by atoms with van der Waals surface area (Å²) in [5.74, 6) is 0.661. The highest BCUT2D eigenvalue weighted by atomic mass is 35.5. The van der Waals surface area contributed by atoms with Gasteiger partial charge < -0.3 is 10.6 Å². The van der Waals surface area contributed by atoms with Crippen LogP contribution < -0.4 is 10.6 Å². The van der Waals surface area contributed by atoms with E-state index in [0.717, 1.165) is 18.7 Å². The highest BCUT2D eigenvalue weighted by Crippen LogP contribution is 2.19. The Morgan fingerprint density at radius 3 is 2.94 bits per heavy atom. The third-order valence-corrected chi connectivity index (χ3v) is 3.22. The highest BCUT2D eigenvalue weighted by Gasteiger charge is 2.02. The van der Waals surface area contributed by atoms with Gasteiger partial charge in [0.25, 0.3) is 0 Å². The van der Waals surface area contributed by atoms with Crippen molar-refractivity contribution >= 4 is 46.4 Å². The molecule has 0 amide bonds. The summed E-state index contributed by atoms with van der Waals surface area (Å²) in [6.45, 7) is 0.821. The van der Waals surface area contributed by atoms with Crippen molar-refractivity contribution in [3.05, 3.63) is 29.0 Å². The second-order valence-corrected chi connectivity index (χ2v) is 5.16. The van der Waals surface area contributed by atoms with Crippen LogP contribution in [0.25, 0.3) is 0 Å². The molecule has 1 rings (SSSR count). The van der Waals surface area contributed by atoms with Crippen molar-refractivity contribution in [2.45, 2.75) is 6.42 Å². The van der Waals surface area contributed by atoms with Crippen molar-refractivity contribution in [3.8, 4) is 0 Å². The Hall–Kier alpha value is -0.520. The lowest BCUT2D eigenvalue weighted by atomic mass is 10.3. The summed E-state index contributed by atoms with van der Waals surface area (Å²) in [5.41, 5.74) is 0.679. The monoisotopic (exact) mass is 292 g/mol. The molecule has 1 aromatic carbocycles. The number of thiocarbonyl (C=S) groups is 1. The lowest BCUT2D eigenvalue weighted by Crippen LogP contribution is -2.29. The van der Waals surface area contributed by atoms with Crippen LogP contribution in [0.4, 0.5) is 10.1 Å². The smallest absolute Gasteiger partial charge is 0.170 e. The summed E-state index contributed by atoms with van der Waals surface area (Å²) < 4.78 is 12.9. The molecule has 0 aromatic heterocycles. The van der Waals surface area contributed by atoms with E-state index in [-0.39, 0.29) is 5.02 Å². The standard InChI is InChI=1S/C11H14ClFN2S2/c1-17-6-2-5-14-11(16)15-8-3-4-10(13)9(12)7-8/h3-4,7H,2,5-6H2,1H3,(H2,14,15,16). The Balaban J connectivity index is 2.37. The molecule has 0 bridgehead atoms. The number of hydrogen-bond acceptors (Lipinski definition) is 2. The first-order valence-corrected chi connectivity index (χ1v) is 7.30. The molecule has 1 aromatic rings. The van der Waals surface area contributed by atoms with Crippen LogP contribution in [0.5, 0.6) is 0 Å². The van der Waals surface area contributed by atoms with Gasteiger partial charge in [0.2, 0.25) is 0 Å². The van der Waals surface area contributed by atoms with Crippen molar-refractivity contribution in [1.29, 1.82) is 0 Å². The van der Waals surface area contributed by atoms with E-state index in [4.69, 9.17) is 23.8 Å². The number of hydrogen-bond donors (Lipinski definition) is 2. The molecule has 0 aliphatic carbocycles. The van der Waals surface area contributed by atoms with E-state index in [1.165, 1.54) is 12.1 Å². The molecule has 6 heteroatoms. The van der Waals surface area contributed by atoms with Gasteiger partial charge in [0.15, 0.2) is 5.11 Å². The van der Waals surface area contributed by atoms with Gasteiger partial charge in [-0.15, -0.1) is 0 Å². The summed E-state index contributed by atoms with van der Waals surface area (Å²) in [5, 5.41) is 6.62. The van der Waals surface area contributed by atoms with E-state index >= 15 is 0 Å². The van der Waals surface area contributed by atoms with Crippen molar-refractivity contribution < 1.29 is 4.39 Å². The molecule has 0 aliphatic heterocycles. The van der Waals surface area contributed by atoms with Gasteiger partial charge in [-0.05, 0) is 48.8 Å². The second kappa shape index (κ2) is 7.74. The third kappa shape index (κ3) is 5.57. The Labute approximate surface area is 115 Å². The number of anilines is 1. The van der Waals surface area contributed by atoms with Crippen LogP contribution >= 0.6 is 35.6 Å². The average molecular weight is 293 g/mol. The maximum atomic E-state index is 12.9. The van der Waals surface area contributed by atoms with Gasteiger partial charge in [0.05, 0.1) is 5.02 Å². The topological polar surface area (TPSA) is 24.1 Å². The first-order chi connectivity index (χ1) is 8.13. The summed E-state index contributed by atoms with van der Waals surface area (Å²) in [6, 6.07) is 4.41. The normalized spacial score (nSPS) is 10.1. The largest absolute Gasteiger partial charge is 0.362 e. The minimum atomic E-state index is -0.434. The summed E-state index contributed by atoms with van der Waals surface area (Å²) >= 11 is 12.6. The van der Waals surface area contributed by atoms with Crippen molar-refractivity contribution in [2.24, 2.45) is 0 Å². The first kappa shape index (κ1) is 14.5. The molecule has 0 unspecified atom stereocenters. The van der Waals surface area contributed by atoms with Crippen LogP contribution in [0.15, 0.2) is 18.2 Å². The van der Waals surface area contributed by atoms with Gasteiger partial charge in [-0.25, -0.2) is 4.39 Å². The Bertz CT molecular complexity index is 388. The van der Waals surface area contributed by atoms with Crippen LogP contribution in [0.2, 0.25) is 5.02 Å². The van der Waals surface area contributed by atoms with Gasteiger partial charge in [0.1, 0.15) is 5.82 Å². The fraction of sp³-hybridized carbons (Fsp3) is 0.364. The zero-order valence-electron chi connectivity index (χ0n) is 9.43. The number of halogens is 2. The van der Waals surface area contributed by atoms with Crippen LogP contribution in [-0.4, -0.2) is 23.7 Å². The SMILES string of the molecule is CSCCCNC(=S)Nc1ccc(F)c(Cl)c1. The molecule has 0 atom stereocenters. The average Bonchev–Trinajstić information content (AvgIpc) is 2.30. The van der Waals surface area contributed by atoms with Gasteiger partial charge >= 0.3 is 0 Å². The van der Waals surface area contributed by atoms with Gasteiger partial charge in [-0.1, -0.05) is 11.6 Å². The molecule has 0 spiro atoms. The van der Waals surface area contributed by atoms with Crippen LogP contribution in [0, 0.1) is 5.82 Å². The molecule has 0 heterocycles. The molecule has 0 radical (unpaired) electrons. The molecule has 2 N–H and O–H groups in total. The molecular weight excluding hydrogens is 279 g/mol. The minimum absolute atomic E-state index is 0.0835. The van der Waals surface area contributed by atoms with E-state index in [1.54, 1.807) is 17.8 Å². The predicted octanol–water partition coefficient (Wildman–Crippen LogP) is 3.52. The van der Waals surface area contributed by atoms with Crippen molar-refractivity contribution in [1.82, 2.24) is 5.32 Å². The Kier molecular flexibility index (Phi) is 6.62. The quantitative estimate of drug-likeness (QED) is 0.640. The fourth-order valence-electron chi connectivity index (χ4n) is 1.17. The minimum Gasteiger partial charge on any atom is -0.362 e. The molecule has 0 fully saturated rings. The van der Waals surface area contributed by atoms with E-state index in [2.05, 4.69) is 16.9 Å². The number of benzene rings is 1. The van der Waals surface area contributed by atoms with Gasteiger partial charge in [-0.2, -0.15) is 11.8 Å². The molecule has 2 nitrogen and oxygen atoms in total.